The van der Waals surface area contributed by atoms with E-state index in [1.807, 2.05) is 12.4 Å². The summed E-state index contributed by atoms with van der Waals surface area (Å²) in [5, 5.41) is 3.51. The highest BCUT2D eigenvalue weighted by Crippen LogP contribution is 2.11. The van der Waals surface area contributed by atoms with E-state index >= 15 is 0 Å². The molecule has 0 fully saturated rings. The molecule has 0 saturated heterocycles. The van der Waals surface area contributed by atoms with Crippen molar-refractivity contribution in [2.45, 2.75) is 39.3 Å². The second-order valence-electron chi connectivity index (χ2n) is 4.54. The zero-order valence-electron chi connectivity index (χ0n) is 10.7. The molecule has 0 bridgehead atoms. The highest BCUT2D eigenvalue weighted by Gasteiger charge is 2.01. The van der Waals surface area contributed by atoms with Crippen LogP contribution in [0.1, 0.15) is 26.7 Å². The molecular formula is C14H21N3. The molecule has 0 amide bonds. The summed E-state index contributed by atoms with van der Waals surface area (Å²) in [5.74, 6) is 0. The largest absolute Gasteiger partial charge is 0.331 e. The Morgan fingerprint density at radius 3 is 3.00 bits per heavy atom. The molecule has 1 heterocycles. The van der Waals surface area contributed by atoms with Gasteiger partial charge in [-0.15, -0.1) is 0 Å². The van der Waals surface area contributed by atoms with E-state index in [-0.39, 0.29) is 0 Å². The number of hydrogen-bond acceptors (Lipinski definition) is 2. The van der Waals surface area contributed by atoms with E-state index in [4.69, 9.17) is 0 Å². The summed E-state index contributed by atoms with van der Waals surface area (Å²) in [6, 6.07) is 8.91. The number of aromatic nitrogens is 2. The van der Waals surface area contributed by atoms with Crippen molar-refractivity contribution in [2.24, 2.45) is 0 Å². The van der Waals surface area contributed by atoms with Gasteiger partial charge in [-0.05, 0) is 38.4 Å². The van der Waals surface area contributed by atoms with Crippen LogP contribution in [-0.2, 0) is 6.54 Å². The van der Waals surface area contributed by atoms with Crippen LogP contribution in [0.15, 0.2) is 30.6 Å². The Morgan fingerprint density at radius 2 is 2.18 bits per heavy atom. The van der Waals surface area contributed by atoms with Crippen LogP contribution in [0.4, 0.5) is 0 Å². The Balaban J connectivity index is 1.87. The molecular weight excluding hydrogens is 210 g/mol. The second-order valence-corrected chi connectivity index (χ2v) is 4.54. The topological polar surface area (TPSA) is 29.9 Å². The van der Waals surface area contributed by atoms with Crippen molar-refractivity contribution in [2.75, 3.05) is 6.54 Å². The number of hydrogen-bond donors (Lipinski definition) is 1. The van der Waals surface area contributed by atoms with Crippen LogP contribution in [-0.4, -0.2) is 22.1 Å². The quantitative estimate of drug-likeness (QED) is 0.775. The van der Waals surface area contributed by atoms with Crippen LogP contribution >= 0.6 is 0 Å². The highest BCUT2D eigenvalue weighted by molar-refractivity contribution is 5.74. The first-order chi connectivity index (χ1) is 8.31. The fraction of sp³-hybridized carbons (Fsp3) is 0.500. The third kappa shape index (κ3) is 3.07. The lowest BCUT2D eigenvalue weighted by atomic mass is 10.2. The molecule has 17 heavy (non-hydrogen) atoms. The Labute approximate surface area is 103 Å². The van der Waals surface area contributed by atoms with E-state index in [0.717, 1.165) is 25.0 Å². The predicted octanol–water partition coefficient (Wildman–Crippen LogP) is 2.81. The van der Waals surface area contributed by atoms with Crippen LogP contribution in [0.5, 0.6) is 0 Å². The molecule has 0 radical (unpaired) electrons. The number of rotatable bonds is 6. The first-order valence-corrected chi connectivity index (χ1v) is 6.44. The number of aryl methyl sites for hydroxylation is 1. The van der Waals surface area contributed by atoms with Gasteiger partial charge >= 0.3 is 0 Å². The van der Waals surface area contributed by atoms with E-state index in [2.05, 4.69) is 46.9 Å². The van der Waals surface area contributed by atoms with E-state index in [9.17, 15) is 0 Å². The number of nitrogens with zero attached hydrogens (tertiary/aromatic N) is 2. The molecule has 1 N–H and O–H groups in total. The maximum absolute atomic E-state index is 4.39. The van der Waals surface area contributed by atoms with Crippen molar-refractivity contribution in [3.05, 3.63) is 30.6 Å². The van der Waals surface area contributed by atoms with Crippen LogP contribution in [0.2, 0.25) is 0 Å². The minimum Gasteiger partial charge on any atom is -0.331 e. The van der Waals surface area contributed by atoms with Crippen LogP contribution in [0, 0.1) is 0 Å². The third-order valence-corrected chi connectivity index (χ3v) is 3.21. The molecule has 0 saturated carbocycles. The fourth-order valence-corrected chi connectivity index (χ4v) is 1.93. The van der Waals surface area contributed by atoms with Crippen LogP contribution in [0.25, 0.3) is 11.0 Å². The maximum atomic E-state index is 4.39. The minimum absolute atomic E-state index is 0.620. The molecule has 0 aliphatic rings. The standard InChI is InChI=1S/C14H21N3/c1-3-12(2)15-9-6-10-17-11-16-13-7-4-5-8-14(13)17/h4-5,7-8,11-12,15H,3,6,9-10H2,1-2H3. The van der Waals surface area contributed by atoms with Gasteiger partial charge < -0.3 is 9.88 Å². The number of nitrogens with one attached hydrogen (secondary N) is 1. The average Bonchev–Trinajstić information content (AvgIpc) is 2.78. The molecule has 2 aromatic rings. The van der Waals surface area contributed by atoms with Gasteiger partial charge in [0, 0.05) is 12.6 Å². The predicted molar refractivity (Wildman–Crippen MR) is 72.1 cm³/mol. The van der Waals surface area contributed by atoms with Gasteiger partial charge in [0.05, 0.1) is 17.4 Å². The summed E-state index contributed by atoms with van der Waals surface area (Å²) in [6.45, 7) is 6.54. The number of para-hydroxylation sites is 2. The smallest absolute Gasteiger partial charge is 0.0958 e. The SMILES string of the molecule is CCC(C)NCCCn1cnc2ccccc21. The Bertz CT molecular complexity index is 461. The monoisotopic (exact) mass is 231 g/mol. The first kappa shape index (κ1) is 12.1. The third-order valence-electron chi connectivity index (χ3n) is 3.21. The Kier molecular flexibility index (Phi) is 4.15. The summed E-state index contributed by atoms with van der Waals surface area (Å²) >= 11 is 0. The fourth-order valence-electron chi connectivity index (χ4n) is 1.93. The van der Waals surface area contributed by atoms with Gasteiger partial charge in [-0.25, -0.2) is 4.98 Å². The second kappa shape index (κ2) is 5.82. The molecule has 2 rings (SSSR count). The van der Waals surface area contributed by atoms with Crippen LogP contribution < -0.4 is 5.32 Å². The summed E-state index contributed by atoms with van der Waals surface area (Å²) < 4.78 is 2.23. The lowest BCUT2D eigenvalue weighted by Gasteiger charge is -2.11. The van der Waals surface area contributed by atoms with Crippen molar-refractivity contribution >= 4 is 11.0 Å². The molecule has 92 valence electrons. The maximum Gasteiger partial charge on any atom is 0.0958 e. The van der Waals surface area contributed by atoms with Crippen molar-refractivity contribution < 1.29 is 0 Å². The molecule has 1 aromatic heterocycles. The van der Waals surface area contributed by atoms with Gasteiger partial charge in [0.1, 0.15) is 0 Å². The summed E-state index contributed by atoms with van der Waals surface area (Å²) in [6.07, 6.45) is 4.27. The summed E-state index contributed by atoms with van der Waals surface area (Å²) in [4.78, 5) is 4.39. The van der Waals surface area contributed by atoms with E-state index in [0.29, 0.717) is 6.04 Å². The average molecular weight is 231 g/mol. The molecule has 0 aliphatic carbocycles. The molecule has 0 spiro atoms. The highest BCUT2D eigenvalue weighted by atomic mass is 15.0. The molecule has 1 unspecified atom stereocenters. The van der Waals surface area contributed by atoms with Crippen molar-refractivity contribution in [1.29, 1.82) is 0 Å². The zero-order valence-corrected chi connectivity index (χ0v) is 10.7. The minimum atomic E-state index is 0.620. The summed E-state index contributed by atoms with van der Waals surface area (Å²) in [5.41, 5.74) is 2.32. The molecule has 1 aromatic carbocycles. The lowest BCUT2D eigenvalue weighted by molar-refractivity contribution is 0.505. The zero-order chi connectivity index (χ0) is 12.1. The van der Waals surface area contributed by atoms with Gasteiger partial charge in [0.25, 0.3) is 0 Å². The van der Waals surface area contributed by atoms with Gasteiger partial charge in [0.2, 0.25) is 0 Å². The van der Waals surface area contributed by atoms with Crippen molar-refractivity contribution in [3.8, 4) is 0 Å². The molecule has 0 aliphatic heterocycles. The number of imidazole rings is 1. The summed E-state index contributed by atoms with van der Waals surface area (Å²) in [7, 11) is 0. The van der Waals surface area contributed by atoms with Crippen molar-refractivity contribution in [3.63, 3.8) is 0 Å². The van der Waals surface area contributed by atoms with Crippen molar-refractivity contribution in [1.82, 2.24) is 14.9 Å². The van der Waals surface area contributed by atoms with E-state index < -0.39 is 0 Å². The van der Waals surface area contributed by atoms with E-state index in [1.165, 1.54) is 11.9 Å². The Hall–Kier alpha value is -1.35. The molecule has 3 nitrogen and oxygen atoms in total. The first-order valence-electron chi connectivity index (χ1n) is 6.44. The van der Waals surface area contributed by atoms with Gasteiger partial charge in [-0.3, -0.25) is 0 Å². The molecule has 3 heteroatoms. The normalized spacial score (nSPS) is 13.1. The van der Waals surface area contributed by atoms with Gasteiger partial charge in [0.15, 0.2) is 0 Å². The number of benzene rings is 1. The lowest BCUT2D eigenvalue weighted by Crippen LogP contribution is -2.26. The van der Waals surface area contributed by atoms with Crippen LogP contribution in [0.3, 0.4) is 0 Å². The molecule has 1 atom stereocenters. The Morgan fingerprint density at radius 1 is 1.35 bits per heavy atom. The van der Waals surface area contributed by atoms with Gasteiger partial charge in [-0.1, -0.05) is 19.1 Å². The number of fused-ring (bicyclic) bond motifs is 1. The van der Waals surface area contributed by atoms with E-state index in [1.54, 1.807) is 0 Å². The van der Waals surface area contributed by atoms with Gasteiger partial charge in [-0.2, -0.15) is 0 Å².